The molecule has 0 unspecified atom stereocenters. The summed E-state index contributed by atoms with van der Waals surface area (Å²) < 4.78 is 28.5. The van der Waals surface area contributed by atoms with Crippen LogP contribution in [0.5, 0.6) is 0 Å². The molecule has 2 aliphatic rings. The van der Waals surface area contributed by atoms with E-state index in [-0.39, 0.29) is 5.54 Å². The standard InChI is InChI=1S/C13H19ClN2O2S2/c14-11-4-5-12(19-11)20(17,18)16-9-8-15-10-13(16)6-2-1-3-7-13/h4-5,15H,1-3,6-10H2. The summed E-state index contributed by atoms with van der Waals surface area (Å²) in [4.78, 5) is 0. The Morgan fingerprint density at radius 2 is 2.00 bits per heavy atom. The number of rotatable bonds is 2. The molecule has 1 N–H and O–H groups in total. The minimum Gasteiger partial charge on any atom is -0.314 e. The average molecular weight is 335 g/mol. The van der Waals surface area contributed by atoms with E-state index in [9.17, 15) is 8.42 Å². The van der Waals surface area contributed by atoms with Crippen molar-refractivity contribution in [2.75, 3.05) is 19.6 Å². The molecule has 1 aromatic heterocycles. The zero-order valence-electron chi connectivity index (χ0n) is 11.3. The molecule has 0 atom stereocenters. The lowest BCUT2D eigenvalue weighted by Gasteiger charge is -2.48. The summed E-state index contributed by atoms with van der Waals surface area (Å²) in [5.74, 6) is 0. The van der Waals surface area contributed by atoms with Gasteiger partial charge >= 0.3 is 0 Å². The van der Waals surface area contributed by atoms with Gasteiger partial charge in [0.15, 0.2) is 0 Å². The smallest absolute Gasteiger partial charge is 0.253 e. The van der Waals surface area contributed by atoms with Crippen molar-refractivity contribution >= 4 is 33.0 Å². The highest BCUT2D eigenvalue weighted by Crippen LogP contribution is 2.39. The largest absolute Gasteiger partial charge is 0.314 e. The van der Waals surface area contributed by atoms with Crippen LogP contribution in [0.25, 0.3) is 0 Å². The summed E-state index contributed by atoms with van der Waals surface area (Å²) in [6.45, 7) is 2.04. The van der Waals surface area contributed by atoms with Gasteiger partial charge in [-0.1, -0.05) is 30.9 Å². The van der Waals surface area contributed by atoms with Gasteiger partial charge in [0, 0.05) is 25.2 Å². The lowest BCUT2D eigenvalue weighted by Crippen LogP contribution is -2.63. The fourth-order valence-corrected chi connectivity index (χ4v) is 6.80. The Kier molecular flexibility index (Phi) is 4.12. The molecule has 2 heterocycles. The van der Waals surface area contributed by atoms with Crippen molar-refractivity contribution in [1.82, 2.24) is 9.62 Å². The SMILES string of the molecule is O=S(=O)(c1ccc(Cl)s1)N1CCNCC12CCCCC2. The second-order valence-electron chi connectivity index (χ2n) is 5.60. The zero-order chi connectivity index (χ0) is 14.2. The van der Waals surface area contributed by atoms with Crippen molar-refractivity contribution in [3.8, 4) is 0 Å². The highest BCUT2D eigenvalue weighted by atomic mass is 35.5. The van der Waals surface area contributed by atoms with Crippen molar-refractivity contribution in [2.45, 2.75) is 41.9 Å². The van der Waals surface area contributed by atoms with E-state index in [0.717, 1.165) is 50.1 Å². The second kappa shape index (κ2) is 5.57. The zero-order valence-corrected chi connectivity index (χ0v) is 13.7. The molecule has 1 saturated heterocycles. The summed E-state index contributed by atoms with van der Waals surface area (Å²) in [5.41, 5.74) is -0.230. The molecule has 1 aromatic rings. The Morgan fingerprint density at radius 3 is 2.65 bits per heavy atom. The van der Waals surface area contributed by atoms with Gasteiger partial charge in [-0.15, -0.1) is 11.3 Å². The quantitative estimate of drug-likeness (QED) is 0.904. The van der Waals surface area contributed by atoms with E-state index < -0.39 is 10.0 Å². The van der Waals surface area contributed by atoms with E-state index in [1.54, 1.807) is 16.4 Å². The van der Waals surface area contributed by atoms with E-state index in [1.807, 2.05) is 0 Å². The summed E-state index contributed by atoms with van der Waals surface area (Å²) in [6, 6.07) is 3.29. The van der Waals surface area contributed by atoms with Crippen LogP contribution < -0.4 is 5.32 Å². The molecule has 1 aliphatic heterocycles. The third-order valence-electron chi connectivity index (χ3n) is 4.35. The van der Waals surface area contributed by atoms with Crippen LogP contribution in [-0.4, -0.2) is 37.9 Å². The number of nitrogens with one attached hydrogen (secondary N) is 1. The molecule has 7 heteroatoms. The van der Waals surface area contributed by atoms with Gasteiger partial charge in [0.25, 0.3) is 10.0 Å². The van der Waals surface area contributed by atoms with Gasteiger partial charge in [-0.05, 0) is 25.0 Å². The van der Waals surface area contributed by atoms with Crippen LogP contribution in [0.4, 0.5) is 0 Å². The van der Waals surface area contributed by atoms with Crippen LogP contribution in [0, 0.1) is 0 Å². The molecule has 1 aliphatic carbocycles. The number of hydrogen-bond donors (Lipinski definition) is 1. The number of sulfonamides is 1. The lowest BCUT2D eigenvalue weighted by atomic mass is 9.80. The maximum Gasteiger partial charge on any atom is 0.253 e. The number of hydrogen-bond acceptors (Lipinski definition) is 4. The Hall–Kier alpha value is -0.140. The Balaban J connectivity index is 1.97. The third kappa shape index (κ3) is 2.52. The Morgan fingerprint density at radius 1 is 1.25 bits per heavy atom. The van der Waals surface area contributed by atoms with Gasteiger partial charge in [-0.25, -0.2) is 8.42 Å². The predicted octanol–water partition coefficient (Wildman–Crippen LogP) is 2.70. The number of halogens is 1. The lowest BCUT2D eigenvalue weighted by molar-refractivity contribution is 0.101. The molecule has 0 aromatic carbocycles. The summed E-state index contributed by atoms with van der Waals surface area (Å²) in [6.07, 6.45) is 5.34. The van der Waals surface area contributed by atoms with Crippen molar-refractivity contribution < 1.29 is 8.42 Å². The van der Waals surface area contributed by atoms with Crippen molar-refractivity contribution in [2.24, 2.45) is 0 Å². The monoisotopic (exact) mass is 334 g/mol. The maximum atomic E-state index is 12.9. The molecule has 0 bridgehead atoms. The molecule has 112 valence electrons. The van der Waals surface area contributed by atoms with Crippen molar-refractivity contribution in [3.63, 3.8) is 0 Å². The van der Waals surface area contributed by atoms with Gasteiger partial charge in [-0.2, -0.15) is 4.31 Å². The minimum atomic E-state index is -3.42. The topological polar surface area (TPSA) is 49.4 Å². The predicted molar refractivity (Wildman–Crippen MR) is 81.9 cm³/mol. The fraction of sp³-hybridized carbons (Fsp3) is 0.692. The molecule has 3 rings (SSSR count). The molecule has 2 fully saturated rings. The van der Waals surface area contributed by atoms with E-state index >= 15 is 0 Å². The number of nitrogens with zero attached hydrogens (tertiary/aromatic N) is 1. The van der Waals surface area contributed by atoms with Crippen LogP contribution >= 0.6 is 22.9 Å². The van der Waals surface area contributed by atoms with Crippen LogP contribution in [0.1, 0.15) is 32.1 Å². The van der Waals surface area contributed by atoms with Gasteiger partial charge in [0.1, 0.15) is 4.21 Å². The average Bonchev–Trinajstić information content (AvgIpc) is 2.87. The highest BCUT2D eigenvalue weighted by Gasteiger charge is 2.46. The molecule has 4 nitrogen and oxygen atoms in total. The van der Waals surface area contributed by atoms with Gasteiger partial charge in [-0.3, -0.25) is 0 Å². The number of thiophene rings is 1. The summed E-state index contributed by atoms with van der Waals surface area (Å²) in [5, 5.41) is 3.38. The minimum absolute atomic E-state index is 0.230. The molecule has 1 saturated carbocycles. The number of piperazine rings is 1. The highest BCUT2D eigenvalue weighted by molar-refractivity contribution is 7.91. The van der Waals surface area contributed by atoms with Crippen molar-refractivity contribution in [1.29, 1.82) is 0 Å². The van der Waals surface area contributed by atoms with Crippen LogP contribution in [0.2, 0.25) is 4.34 Å². The van der Waals surface area contributed by atoms with E-state index in [0.29, 0.717) is 15.1 Å². The van der Waals surface area contributed by atoms with Gasteiger partial charge in [0.05, 0.1) is 4.34 Å². The molecule has 0 radical (unpaired) electrons. The van der Waals surface area contributed by atoms with Crippen LogP contribution in [-0.2, 0) is 10.0 Å². The van der Waals surface area contributed by atoms with E-state index in [1.165, 1.54) is 6.42 Å². The Labute approximate surface area is 129 Å². The summed E-state index contributed by atoms with van der Waals surface area (Å²) in [7, 11) is -3.42. The van der Waals surface area contributed by atoms with Crippen LogP contribution in [0.3, 0.4) is 0 Å². The maximum absolute atomic E-state index is 12.9. The van der Waals surface area contributed by atoms with E-state index in [4.69, 9.17) is 11.6 Å². The second-order valence-corrected chi connectivity index (χ2v) is 9.40. The van der Waals surface area contributed by atoms with Crippen molar-refractivity contribution in [3.05, 3.63) is 16.5 Å². The van der Waals surface area contributed by atoms with Crippen LogP contribution in [0.15, 0.2) is 16.3 Å². The van der Waals surface area contributed by atoms with Gasteiger partial charge < -0.3 is 5.32 Å². The normalized spacial score (nSPS) is 24.1. The fourth-order valence-electron chi connectivity index (χ4n) is 3.38. The molecule has 0 amide bonds. The summed E-state index contributed by atoms with van der Waals surface area (Å²) >= 11 is 7.06. The van der Waals surface area contributed by atoms with E-state index in [2.05, 4.69) is 5.32 Å². The first-order valence-corrected chi connectivity index (χ1v) is 9.67. The first-order chi connectivity index (χ1) is 9.55. The van der Waals surface area contributed by atoms with Gasteiger partial charge in [0.2, 0.25) is 0 Å². The molecular formula is C13H19ClN2O2S2. The first kappa shape index (κ1) is 14.8. The first-order valence-electron chi connectivity index (χ1n) is 7.04. The molecule has 20 heavy (non-hydrogen) atoms. The molecular weight excluding hydrogens is 316 g/mol. The Bertz CT molecular complexity index is 571. The molecule has 1 spiro atoms. The third-order valence-corrected chi connectivity index (χ3v) is 8.05.